The van der Waals surface area contributed by atoms with E-state index in [0.29, 0.717) is 27.7 Å². The van der Waals surface area contributed by atoms with Crippen LogP contribution in [0.15, 0.2) is 72.8 Å². The van der Waals surface area contributed by atoms with Gasteiger partial charge in [-0.1, -0.05) is 35.9 Å². The summed E-state index contributed by atoms with van der Waals surface area (Å²) in [7, 11) is 1.89. The molecule has 4 aromatic rings. The molecule has 0 atom stereocenters. The van der Waals surface area contributed by atoms with E-state index >= 15 is 0 Å². The number of carbonyl (C=O) groups is 1. The maximum absolute atomic E-state index is 12.4. The summed E-state index contributed by atoms with van der Waals surface area (Å²) < 4.78 is 1.90. The number of allylic oxidation sites excluding steroid dienone is 1. The largest absolute Gasteiger partial charge is 0.327 e. The van der Waals surface area contributed by atoms with Crippen LogP contribution in [0.25, 0.3) is 22.7 Å². The molecule has 1 N–H and O–H groups in total. The molecule has 0 saturated heterocycles. The van der Waals surface area contributed by atoms with Crippen molar-refractivity contribution in [2.45, 2.75) is 0 Å². The van der Waals surface area contributed by atoms with E-state index in [1.165, 1.54) is 0 Å². The van der Waals surface area contributed by atoms with Gasteiger partial charge in [-0.2, -0.15) is 5.26 Å². The van der Waals surface area contributed by atoms with E-state index in [2.05, 4.69) is 16.4 Å². The average molecular weight is 413 g/mol. The van der Waals surface area contributed by atoms with Gasteiger partial charge in [0, 0.05) is 23.3 Å². The Bertz CT molecular complexity index is 1310. The topological polar surface area (TPSA) is 70.7 Å². The SMILES string of the molecule is Cn1c(/C(C#N)=C/c2cccc(NC(=O)c3ccc(Cl)cc3)c2)nc2ccccc21. The molecule has 0 aliphatic heterocycles. The van der Waals surface area contributed by atoms with Crippen LogP contribution in [0.3, 0.4) is 0 Å². The second-order valence-electron chi connectivity index (χ2n) is 6.74. The Hall–Kier alpha value is -3.88. The zero-order valence-electron chi connectivity index (χ0n) is 16.1. The summed E-state index contributed by atoms with van der Waals surface area (Å²) in [5, 5.41) is 13.2. The zero-order valence-corrected chi connectivity index (χ0v) is 16.9. The summed E-state index contributed by atoms with van der Waals surface area (Å²) in [5.74, 6) is 0.359. The first-order valence-electron chi connectivity index (χ1n) is 9.26. The third-order valence-electron chi connectivity index (χ3n) is 4.71. The van der Waals surface area contributed by atoms with Crippen LogP contribution in [0.5, 0.6) is 0 Å². The Balaban J connectivity index is 1.63. The number of imidazole rings is 1. The molecule has 0 aliphatic carbocycles. The van der Waals surface area contributed by atoms with Crippen molar-refractivity contribution in [2.24, 2.45) is 7.05 Å². The zero-order chi connectivity index (χ0) is 21.1. The van der Waals surface area contributed by atoms with Crippen molar-refractivity contribution >= 4 is 45.9 Å². The van der Waals surface area contributed by atoms with Gasteiger partial charge in [-0.05, 0) is 60.2 Å². The molecule has 5 nitrogen and oxygen atoms in total. The third kappa shape index (κ3) is 3.95. The molecule has 6 heteroatoms. The summed E-state index contributed by atoms with van der Waals surface area (Å²) in [5.41, 5.74) is 4.16. The van der Waals surface area contributed by atoms with Crippen LogP contribution in [0.2, 0.25) is 5.02 Å². The smallest absolute Gasteiger partial charge is 0.255 e. The number of nitriles is 1. The first kappa shape index (κ1) is 19.4. The number of fused-ring (bicyclic) bond motifs is 1. The van der Waals surface area contributed by atoms with Crippen LogP contribution in [-0.4, -0.2) is 15.5 Å². The van der Waals surface area contributed by atoms with Crippen molar-refractivity contribution in [3.63, 3.8) is 0 Å². The molecule has 1 heterocycles. The number of amides is 1. The van der Waals surface area contributed by atoms with Crippen molar-refractivity contribution in [1.82, 2.24) is 9.55 Å². The Morgan fingerprint density at radius 1 is 1.10 bits per heavy atom. The lowest BCUT2D eigenvalue weighted by molar-refractivity contribution is 0.102. The minimum atomic E-state index is -0.233. The van der Waals surface area contributed by atoms with E-state index in [9.17, 15) is 10.1 Å². The minimum Gasteiger partial charge on any atom is -0.327 e. The molecule has 0 fully saturated rings. The number of benzene rings is 3. The fourth-order valence-electron chi connectivity index (χ4n) is 3.21. The van der Waals surface area contributed by atoms with Crippen molar-refractivity contribution in [2.75, 3.05) is 5.32 Å². The molecule has 0 bridgehead atoms. The van der Waals surface area contributed by atoms with Crippen LogP contribution < -0.4 is 5.32 Å². The van der Waals surface area contributed by atoms with Gasteiger partial charge in [-0.25, -0.2) is 4.98 Å². The Morgan fingerprint density at radius 2 is 1.87 bits per heavy atom. The number of nitrogens with one attached hydrogen (secondary N) is 1. The number of nitrogens with zero attached hydrogens (tertiary/aromatic N) is 3. The quantitative estimate of drug-likeness (QED) is 0.447. The predicted octanol–water partition coefficient (Wildman–Crippen LogP) is 5.54. The maximum Gasteiger partial charge on any atom is 0.255 e. The van der Waals surface area contributed by atoms with E-state index in [1.54, 1.807) is 36.4 Å². The summed E-state index contributed by atoms with van der Waals surface area (Å²) in [6, 6.07) is 24.0. The van der Waals surface area contributed by atoms with Gasteiger partial charge in [-0.15, -0.1) is 0 Å². The Labute approximate surface area is 178 Å². The van der Waals surface area contributed by atoms with E-state index in [1.807, 2.05) is 54.1 Å². The molecule has 0 aliphatic rings. The van der Waals surface area contributed by atoms with Crippen molar-refractivity contribution in [3.8, 4) is 6.07 Å². The van der Waals surface area contributed by atoms with Gasteiger partial charge in [0.15, 0.2) is 5.82 Å². The molecule has 0 unspecified atom stereocenters. The van der Waals surface area contributed by atoms with Gasteiger partial charge in [-0.3, -0.25) is 4.79 Å². The molecule has 0 saturated carbocycles. The highest BCUT2D eigenvalue weighted by Crippen LogP contribution is 2.23. The molecular weight excluding hydrogens is 396 g/mol. The normalized spacial score (nSPS) is 11.3. The third-order valence-corrected chi connectivity index (χ3v) is 4.96. The highest BCUT2D eigenvalue weighted by molar-refractivity contribution is 6.30. The summed E-state index contributed by atoms with van der Waals surface area (Å²) in [6.45, 7) is 0. The molecule has 0 spiro atoms. The second kappa shape index (κ2) is 8.24. The fraction of sp³-hybridized carbons (Fsp3) is 0.0417. The van der Waals surface area contributed by atoms with Crippen LogP contribution >= 0.6 is 11.6 Å². The second-order valence-corrected chi connectivity index (χ2v) is 7.18. The number of hydrogen-bond acceptors (Lipinski definition) is 3. The number of anilines is 1. The van der Waals surface area contributed by atoms with Gasteiger partial charge in [0.1, 0.15) is 6.07 Å². The van der Waals surface area contributed by atoms with E-state index < -0.39 is 0 Å². The average Bonchev–Trinajstić information content (AvgIpc) is 3.09. The molecule has 1 amide bonds. The maximum atomic E-state index is 12.4. The molecule has 0 radical (unpaired) electrons. The van der Waals surface area contributed by atoms with E-state index in [4.69, 9.17) is 11.6 Å². The predicted molar refractivity (Wildman–Crippen MR) is 120 cm³/mol. The highest BCUT2D eigenvalue weighted by atomic mass is 35.5. The standard InChI is InChI=1S/C24H17ClN4O/c1-29-22-8-3-2-7-21(22)28-23(29)18(15-26)13-16-5-4-6-20(14-16)27-24(30)17-9-11-19(25)12-10-17/h2-14H,1H3,(H,27,30)/b18-13+. The number of aromatic nitrogens is 2. The van der Waals surface area contributed by atoms with Gasteiger partial charge in [0.05, 0.1) is 16.6 Å². The minimum absolute atomic E-state index is 0.233. The number of rotatable bonds is 4. The summed E-state index contributed by atoms with van der Waals surface area (Å²) >= 11 is 5.88. The van der Waals surface area contributed by atoms with Gasteiger partial charge < -0.3 is 9.88 Å². The summed E-state index contributed by atoms with van der Waals surface area (Å²) in [4.78, 5) is 17.0. The van der Waals surface area contributed by atoms with E-state index in [-0.39, 0.29) is 5.91 Å². The number of aryl methyl sites for hydroxylation is 1. The first-order valence-corrected chi connectivity index (χ1v) is 9.63. The van der Waals surface area contributed by atoms with Crippen LogP contribution in [-0.2, 0) is 7.05 Å². The molecule has 3 aromatic carbocycles. The molecule has 30 heavy (non-hydrogen) atoms. The number of hydrogen-bond donors (Lipinski definition) is 1. The monoisotopic (exact) mass is 412 g/mol. The Morgan fingerprint density at radius 3 is 2.60 bits per heavy atom. The Kier molecular flexibility index (Phi) is 5.34. The molecule has 4 rings (SSSR count). The van der Waals surface area contributed by atoms with Crippen molar-refractivity contribution in [1.29, 1.82) is 5.26 Å². The number of carbonyl (C=O) groups excluding carboxylic acids is 1. The van der Waals surface area contributed by atoms with Crippen molar-refractivity contribution < 1.29 is 4.79 Å². The number of para-hydroxylation sites is 2. The fourth-order valence-corrected chi connectivity index (χ4v) is 3.34. The number of halogens is 1. The van der Waals surface area contributed by atoms with Crippen molar-refractivity contribution in [3.05, 3.63) is 94.8 Å². The lowest BCUT2D eigenvalue weighted by Gasteiger charge is -2.07. The van der Waals surface area contributed by atoms with Gasteiger partial charge >= 0.3 is 0 Å². The first-order chi connectivity index (χ1) is 14.5. The summed E-state index contributed by atoms with van der Waals surface area (Å²) in [6.07, 6.45) is 1.76. The lowest BCUT2D eigenvalue weighted by Crippen LogP contribution is -2.11. The van der Waals surface area contributed by atoms with Gasteiger partial charge in [0.25, 0.3) is 5.91 Å². The van der Waals surface area contributed by atoms with Crippen LogP contribution in [0.4, 0.5) is 5.69 Å². The van der Waals surface area contributed by atoms with E-state index in [0.717, 1.165) is 16.6 Å². The van der Waals surface area contributed by atoms with Gasteiger partial charge in [0.2, 0.25) is 0 Å². The molecule has 146 valence electrons. The van der Waals surface area contributed by atoms with Crippen LogP contribution in [0, 0.1) is 11.3 Å². The highest BCUT2D eigenvalue weighted by Gasteiger charge is 2.12. The van der Waals surface area contributed by atoms with Crippen LogP contribution in [0.1, 0.15) is 21.7 Å². The molecular formula is C24H17ClN4O. The molecule has 1 aromatic heterocycles. The lowest BCUT2D eigenvalue weighted by atomic mass is 10.1.